The van der Waals surface area contributed by atoms with Gasteiger partial charge in [0.05, 0.1) is 0 Å². The van der Waals surface area contributed by atoms with E-state index in [1.54, 1.807) is 0 Å². The molecular formula is C8H21NO3Si. The van der Waals surface area contributed by atoms with E-state index in [-0.39, 0.29) is 0 Å². The van der Waals surface area contributed by atoms with E-state index in [0.29, 0.717) is 25.8 Å². The fourth-order valence-electron chi connectivity index (χ4n) is 1.13. The topological polar surface area (TPSA) is 64.7 Å². The summed E-state index contributed by atoms with van der Waals surface area (Å²) in [6.45, 7) is 5.39. The maximum Gasteiger partial charge on any atom is 0.498 e. The summed E-state index contributed by atoms with van der Waals surface area (Å²) in [6.07, 6.45) is 1.79. The van der Waals surface area contributed by atoms with Gasteiger partial charge in [0.2, 0.25) is 0 Å². The van der Waals surface area contributed by atoms with E-state index in [4.69, 9.17) is 14.6 Å². The molecule has 4 nitrogen and oxygen atoms in total. The molecule has 0 aromatic rings. The zero-order chi connectivity index (χ0) is 10.2. The third-order valence-corrected chi connectivity index (χ3v) is 4.15. The fraction of sp³-hybridized carbons (Fsp3) is 1.00. The van der Waals surface area contributed by atoms with Crippen LogP contribution in [0.1, 0.15) is 26.7 Å². The highest BCUT2D eigenvalue weighted by Gasteiger charge is 2.35. The van der Waals surface area contributed by atoms with E-state index in [1.165, 1.54) is 0 Å². The summed E-state index contributed by atoms with van der Waals surface area (Å²) in [5.41, 5.74) is 5.36. The van der Waals surface area contributed by atoms with E-state index in [1.807, 2.05) is 13.8 Å². The smallest absolute Gasteiger partial charge is 0.390 e. The number of nitrogens with two attached hydrogens (primary N) is 1. The van der Waals surface area contributed by atoms with Crippen LogP contribution in [0, 0.1) is 0 Å². The van der Waals surface area contributed by atoms with Crippen LogP contribution < -0.4 is 5.73 Å². The van der Waals surface area contributed by atoms with Crippen molar-refractivity contribution in [3.05, 3.63) is 0 Å². The van der Waals surface area contributed by atoms with Crippen LogP contribution in [0.25, 0.3) is 0 Å². The van der Waals surface area contributed by atoms with E-state index >= 15 is 0 Å². The van der Waals surface area contributed by atoms with Gasteiger partial charge in [-0.1, -0.05) is 0 Å². The molecule has 0 radical (unpaired) electrons. The highest BCUT2D eigenvalue weighted by Crippen LogP contribution is 2.13. The molecule has 0 rings (SSSR count). The molecule has 0 saturated carbocycles. The lowest BCUT2D eigenvalue weighted by Gasteiger charge is -2.22. The van der Waals surface area contributed by atoms with Gasteiger partial charge >= 0.3 is 8.80 Å². The summed E-state index contributed by atoms with van der Waals surface area (Å²) in [5, 5.41) is 0. The molecule has 0 amide bonds. The van der Waals surface area contributed by atoms with Gasteiger partial charge < -0.3 is 19.4 Å². The Morgan fingerprint density at radius 2 is 1.69 bits per heavy atom. The molecule has 0 atom stereocenters. The Morgan fingerprint density at radius 1 is 1.15 bits per heavy atom. The van der Waals surface area contributed by atoms with Gasteiger partial charge in [-0.2, -0.15) is 0 Å². The van der Waals surface area contributed by atoms with Crippen LogP contribution >= 0.6 is 0 Å². The number of unbranched alkanes of at least 4 members (excludes halogenated alkanes) is 1. The summed E-state index contributed by atoms with van der Waals surface area (Å²) in [5.74, 6) is 0. The quantitative estimate of drug-likeness (QED) is 0.455. The van der Waals surface area contributed by atoms with Crippen molar-refractivity contribution in [1.29, 1.82) is 0 Å². The predicted molar refractivity (Wildman–Crippen MR) is 54.3 cm³/mol. The molecule has 0 aromatic carbocycles. The third-order valence-electron chi connectivity index (χ3n) is 1.69. The van der Waals surface area contributed by atoms with E-state index < -0.39 is 8.80 Å². The van der Waals surface area contributed by atoms with Gasteiger partial charge in [0, 0.05) is 19.3 Å². The van der Waals surface area contributed by atoms with Gasteiger partial charge in [0.1, 0.15) is 0 Å². The fourth-order valence-corrected chi connectivity index (χ4v) is 3.10. The standard InChI is InChI=1S/C8H21NO3Si/c1-3-11-13(10,12-4-2)8-6-5-7-9/h10H,3-9H2,1-2H3. The Kier molecular flexibility index (Phi) is 7.49. The molecule has 5 heteroatoms. The summed E-state index contributed by atoms with van der Waals surface area (Å²) in [4.78, 5) is 9.89. The van der Waals surface area contributed by atoms with E-state index in [0.717, 1.165) is 12.8 Å². The summed E-state index contributed by atoms with van der Waals surface area (Å²) in [7, 11) is -2.84. The zero-order valence-corrected chi connectivity index (χ0v) is 9.58. The van der Waals surface area contributed by atoms with E-state index in [9.17, 15) is 4.80 Å². The van der Waals surface area contributed by atoms with Crippen LogP contribution in [0.2, 0.25) is 6.04 Å². The lowest BCUT2D eigenvalue weighted by molar-refractivity contribution is 0.107. The maximum absolute atomic E-state index is 9.89. The van der Waals surface area contributed by atoms with Crippen LogP contribution in [0.3, 0.4) is 0 Å². The molecule has 0 bridgehead atoms. The molecule has 0 saturated heterocycles. The molecule has 0 spiro atoms. The second-order valence-corrected chi connectivity index (χ2v) is 5.33. The van der Waals surface area contributed by atoms with Crippen molar-refractivity contribution in [3.8, 4) is 0 Å². The maximum atomic E-state index is 9.89. The van der Waals surface area contributed by atoms with Crippen molar-refractivity contribution >= 4 is 8.80 Å². The normalized spacial score (nSPS) is 12.0. The second-order valence-electron chi connectivity index (χ2n) is 2.82. The van der Waals surface area contributed by atoms with Gasteiger partial charge in [0.25, 0.3) is 0 Å². The Bertz CT molecular complexity index is 118. The molecule has 13 heavy (non-hydrogen) atoms. The van der Waals surface area contributed by atoms with Gasteiger partial charge in [-0.15, -0.1) is 0 Å². The first kappa shape index (κ1) is 13.1. The molecule has 0 aromatic heterocycles. The highest BCUT2D eigenvalue weighted by atomic mass is 28.4. The Morgan fingerprint density at radius 3 is 2.08 bits per heavy atom. The SMILES string of the molecule is CCO[Si](O)(CCCCN)OCC. The first-order valence-electron chi connectivity index (χ1n) is 4.89. The van der Waals surface area contributed by atoms with Crippen molar-refractivity contribution in [2.75, 3.05) is 19.8 Å². The summed E-state index contributed by atoms with van der Waals surface area (Å²) >= 11 is 0. The zero-order valence-electron chi connectivity index (χ0n) is 8.58. The first-order valence-corrected chi connectivity index (χ1v) is 6.86. The Labute approximate surface area is 81.4 Å². The van der Waals surface area contributed by atoms with Crippen molar-refractivity contribution in [3.63, 3.8) is 0 Å². The highest BCUT2D eigenvalue weighted by molar-refractivity contribution is 6.59. The monoisotopic (exact) mass is 207 g/mol. The number of rotatable bonds is 8. The van der Waals surface area contributed by atoms with Crippen molar-refractivity contribution in [2.24, 2.45) is 5.73 Å². The van der Waals surface area contributed by atoms with Crippen LogP contribution in [0.5, 0.6) is 0 Å². The van der Waals surface area contributed by atoms with Crippen molar-refractivity contribution in [2.45, 2.75) is 32.7 Å². The van der Waals surface area contributed by atoms with Gasteiger partial charge in [-0.05, 0) is 33.2 Å². The lowest BCUT2D eigenvalue weighted by atomic mass is 10.3. The molecule has 0 heterocycles. The number of hydrogen-bond donors (Lipinski definition) is 2. The molecule has 3 N–H and O–H groups in total. The second kappa shape index (κ2) is 7.46. The van der Waals surface area contributed by atoms with Crippen LogP contribution in [0.15, 0.2) is 0 Å². The van der Waals surface area contributed by atoms with Crippen LogP contribution in [0.4, 0.5) is 0 Å². The van der Waals surface area contributed by atoms with Crippen molar-refractivity contribution in [1.82, 2.24) is 0 Å². The van der Waals surface area contributed by atoms with E-state index in [2.05, 4.69) is 0 Å². The van der Waals surface area contributed by atoms with Crippen LogP contribution in [-0.4, -0.2) is 33.4 Å². The number of hydrogen-bond acceptors (Lipinski definition) is 4. The molecule has 80 valence electrons. The summed E-state index contributed by atoms with van der Waals surface area (Å²) in [6, 6.07) is 0.617. The molecule has 0 aliphatic heterocycles. The van der Waals surface area contributed by atoms with Gasteiger partial charge in [0.15, 0.2) is 0 Å². The molecule has 0 unspecified atom stereocenters. The summed E-state index contributed by atoms with van der Waals surface area (Å²) < 4.78 is 10.5. The molecular weight excluding hydrogens is 186 g/mol. The molecule has 0 aliphatic carbocycles. The minimum atomic E-state index is -2.84. The third kappa shape index (κ3) is 6.17. The minimum Gasteiger partial charge on any atom is -0.390 e. The Hall–Kier alpha value is 0.0569. The lowest BCUT2D eigenvalue weighted by Crippen LogP contribution is -2.42. The molecule has 0 aliphatic rings. The minimum absolute atomic E-state index is 0.505. The van der Waals surface area contributed by atoms with Crippen LogP contribution in [-0.2, 0) is 8.85 Å². The predicted octanol–water partition coefficient (Wildman–Crippen LogP) is 0.729. The Balaban J connectivity index is 3.76. The molecule has 0 fully saturated rings. The van der Waals surface area contributed by atoms with Crippen molar-refractivity contribution < 1.29 is 13.6 Å². The first-order chi connectivity index (χ1) is 6.18. The average Bonchev–Trinajstić information content (AvgIpc) is 2.05. The van der Waals surface area contributed by atoms with Gasteiger partial charge in [-0.3, -0.25) is 0 Å². The average molecular weight is 207 g/mol. The largest absolute Gasteiger partial charge is 0.498 e. The van der Waals surface area contributed by atoms with Gasteiger partial charge in [-0.25, -0.2) is 0 Å².